The van der Waals surface area contributed by atoms with Gasteiger partial charge < -0.3 is 4.74 Å². The molecule has 1 aliphatic carbocycles. The number of ether oxygens (including phenoxy) is 1. The molecule has 25 heavy (non-hydrogen) atoms. The Morgan fingerprint density at radius 1 is 0.920 bits per heavy atom. The maximum absolute atomic E-state index is 6.02. The van der Waals surface area contributed by atoms with Crippen molar-refractivity contribution in [2.24, 2.45) is 11.8 Å². The van der Waals surface area contributed by atoms with Crippen molar-refractivity contribution >= 4 is 0 Å². The molecule has 1 saturated carbocycles. The number of aryl methyl sites for hydroxylation is 1. The van der Waals surface area contributed by atoms with Crippen molar-refractivity contribution in [2.75, 3.05) is 6.61 Å². The van der Waals surface area contributed by atoms with Crippen LogP contribution in [0.3, 0.4) is 0 Å². The topological polar surface area (TPSA) is 35.0 Å². The van der Waals surface area contributed by atoms with Crippen LogP contribution >= 0.6 is 0 Å². The number of nitrogens with zero attached hydrogens (tertiary/aromatic N) is 2. The van der Waals surface area contributed by atoms with Gasteiger partial charge in [-0.2, -0.15) is 0 Å². The number of benzene rings is 1. The lowest BCUT2D eigenvalue weighted by molar-refractivity contribution is 0.181. The minimum atomic E-state index is 0.719. The molecule has 0 atom stereocenters. The summed E-state index contributed by atoms with van der Waals surface area (Å²) in [5, 5.41) is 0. The quantitative estimate of drug-likeness (QED) is 0.650. The summed E-state index contributed by atoms with van der Waals surface area (Å²) in [6.07, 6.45) is 12.7. The lowest BCUT2D eigenvalue weighted by Gasteiger charge is -2.27. The van der Waals surface area contributed by atoms with E-state index < -0.39 is 0 Å². The molecule has 3 nitrogen and oxygen atoms in total. The molecule has 1 fully saturated rings. The Morgan fingerprint density at radius 3 is 2.16 bits per heavy atom. The van der Waals surface area contributed by atoms with Crippen LogP contribution in [-0.2, 0) is 6.42 Å². The highest BCUT2D eigenvalue weighted by atomic mass is 16.5. The van der Waals surface area contributed by atoms with E-state index in [4.69, 9.17) is 4.74 Å². The largest absolute Gasteiger partial charge is 0.493 e. The third kappa shape index (κ3) is 5.04. The fraction of sp³-hybridized carbons (Fsp3) is 0.545. The van der Waals surface area contributed by atoms with Gasteiger partial charge in [-0.3, -0.25) is 0 Å². The highest BCUT2D eigenvalue weighted by Crippen LogP contribution is 2.31. The Morgan fingerprint density at radius 2 is 1.56 bits per heavy atom. The molecule has 0 saturated heterocycles. The Kier molecular flexibility index (Phi) is 6.43. The summed E-state index contributed by atoms with van der Waals surface area (Å²) >= 11 is 0. The molecule has 1 aliphatic rings. The highest BCUT2D eigenvalue weighted by Gasteiger charge is 2.20. The van der Waals surface area contributed by atoms with Crippen molar-refractivity contribution in [3.63, 3.8) is 0 Å². The monoisotopic (exact) mass is 338 g/mol. The Bertz CT molecular complexity index is 628. The fourth-order valence-electron chi connectivity index (χ4n) is 3.64. The summed E-state index contributed by atoms with van der Waals surface area (Å²) in [6, 6.07) is 8.18. The first-order valence-corrected chi connectivity index (χ1v) is 9.82. The van der Waals surface area contributed by atoms with E-state index in [-0.39, 0.29) is 0 Å². The van der Waals surface area contributed by atoms with E-state index in [1.807, 2.05) is 24.5 Å². The minimum Gasteiger partial charge on any atom is -0.493 e. The zero-order valence-corrected chi connectivity index (χ0v) is 15.6. The number of aromatic nitrogens is 2. The molecule has 0 radical (unpaired) electrons. The molecule has 0 aliphatic heterocycles. The van der Waals surface area contributed by atoms with Gasteiger partial charge >= 0.3 is 0 Å². The molecule has 0 spiro atoms. The fourth-order valence-corrected chi connectivity index (χ4v) is 3.64. The van der Waals surface area contributed by atoms with E-state index in [9.17, 15) is 0 Å². The van der Waals surface area contributed by atoms with Crippen LogP contribution in [0.1, 0.15) is 57.9 Å². The Balaban J connectivity index is 1.52. The average Bonchev–Trinajstić information content (AvgIpc) is 2.68. The summed E-state index contributed by atoms with van der Waals surface area (Å²) in [4.78, 5) is 8.96. The summed E-state index contributed by atoms with van der Waals surface area (Å²) in [5.41, 5.74) is 2.24. The van der Waals surface area contributed by atoms with Gasteiger partial charge in [-0.1, -0.05) is 39.5 Å². The lowest BCUT2D eigenvalue weighted by atomic mass is 9.81. The van der Waals surface area contributed by atoms with Crippen molar-refractivity contribution in [1.29, 1.82) is 0 Å². The molecule has 0 N–H and O–H groups in total. The molecule has 0 bridgehead atoms. The molecule has 0 amide bonds. The zero-order chi connectivity index (χ0) is 17.5. The van der Waals surface area contributed by atoms with Gasteiger partial charge in [-0.05, 0) is 60.9 Å². The molecule has 3 heteroatoms. The first kappa shape index (κ1) is 17.9. The predicted molar refractivity (Wildman–Crippen MR) is 103 cm³/mol. The second-order valence-electron chi connectivity index (χ2n) is 7.30. The normalized spacial score (nSPS) is 20.4. The van der Waals surface area contributed by atoms with Crippen molar-refractivity contribution < 1.29 is 4.74 Å². The van der Waals surface area contributed by atoms with Crippen LogP contribution in [0.25, 0.3) is 11.4 Å². The molecule has 1 aromatic heterocycles. The first-order chi connectivity index (χ1) is 12.3. The van der Waals surface area contributed by atoms with Crippen LogP contribution in [0, 0.1) is 11.8 Å². The molecule has 0 unspecified atom stereocenters. The average molecular weight is 338 g/mol. The maximum atomic E-state index is 6.02. The van der Waals surface area contributed by atoms with Crippen molar-refractivity contribution in [1.82, 2.24) is 9.97 Å². The molecule has 1 aromatic carbocycles. The molecule has 3 rings (SSSR count). The first-order valence-electron chi connectivity index (χ1n) is 9.82. The molecular weight excluding hydrogens is 308 g/mol. The van der Waals surface area contributed by atoms with Crippen LogP contribution in [-0.4, -0.2) is 16.6 Å². The van der Waals surface area contributed by atoms with Crippen molar-refractivity contribution in [3.8, 4) is 17.1 Å². The molecule has 1 heterocycles. The number of hydrogen-bond acceptors (Lipinski definition) is 3. The summed E-state index contributed by atoms with van der Waals surface area (Å²) in [6.45, 7) is 5.32. The van der Waals surface area contributed by atoms with Gasteiger partial charge in [0.1, 0.15) is 5.75 Å². The Hall–Kier alpha value is -1.90. The SMILES string of the molecule is CCCc1cnc(-c2ccc(OCC3CCC(CC)CC3)cc2)nc1. The van der Waals surface area contributed by atoms with Gasteiger partial charge in [0.25, 0.3) is 0 Å². The van der Waals surface area contributed by atoms with E-state index in [1.165, 1.54) is 37.7 Å². The standard InChI is InChI=1S/C22H30N2O/c1-3-5-19-14-23-22(24-15-19)20-10-12-21(13-11-20)25-16-18-8-6-17(4-2)7-9-18/h10-15,17-18H,3-9,16H2,1-2H3. The van der Waals surface area contributed by atoms with Crippen LogP contribution in [0.2, 0.25) is 0 Å². The second-order valence-corrected chi connectivity index (χ2v) is 7.30. The minimum absolute atomic E-state index is 0.719. The number of rotatable bonds is 7. The van der Waals surface area contributed by atoms with Crippen LogP contribution < -0.4 is 4.74 Å². The van der Waals surface area contributed by atoms with E-state index in [1.54, 1.807) is 0 Å². The molecule has 134 valence electrons. The van der Waals surface area contributed by atoms with Crippen LogP contribution in [0.15, 0.2) is 36.7 Å². The van der Waals surface area contributed by atoms with Crippen LogP contribution in [0.5, 0.6) is 5.75 Å². The lowest BCUT2D eigenvalue weighted by Crippen LogP contribution is -2.19. The van der Waals surface area contributed by atoms with E-state index in [2.05, 4.69) is 35.9 Å². The predicted octanol–water partition coefficient (Wildman–Crippen LogP) is 5.69. The van der Waals surface area contributed by atoms with Gasteiger partial charge in [-0.25, -0.2) is 9.97 Å². The van der Waals surface area contributed by atoms with Gasteiger partial charge in [0.2, 0.25) is 0 Å². The summed E-state index contributed by atoms with van der Waals surface area (Å²) < 4.78 is 6.02. The maximum Gasteiger partial charge on any atom is 0.159 e. The van der Waals surface area contributed by atoms with E-state index in [0.29, 0.717) is 0 Å². The van der Waals surface area contributed by atoms with Crippen LogP contribution in [0.4, 0.5) is 0 Å². The molecular formula is C22H30N2O. The van der Waals surface area contributed by atoms with Gasteiger partial charge in [0.05, 0.1) is 6.61 Å². The Labute approximate surface area is 151 Å². The number of hydrogen-bond donors (Lipinski definition) is 0. The smallest absolute Gasteiger partial charge is 0.159 e. The second kappa shape index (κ2) is 8.98. The molecule has 2 aromatic rings. The van der Waals surface area contributed by atoms with Crippen molar-refractivity contribution in [2.45, 2.75) is 58.8 Å². The summed E-state index contributed by atoms with van der Waals surface area (Å²) in [5.74, 6) is 3.39. The zero-order valence-electron chi connectivity index (χ0n) is 15.6. The van der Waals surface area contributed by atoms with E-state index in [0.717, 1.165) is 48.4 Å². The van der Waals surface area contributed by atoms with Gasteiger partial charge in [-0.15, -0.1) is 0 Å². The van der Waals surface area contributed by atoms with Gasteiger partial charge in [0.15, 0.2) is 5.82 Å². The highest BCUT2D eigenvalue weighted by molar-refractivity contribution is 5.55. The van der Waals surface area contributed by atoms with Crippen molar-refractivity contribution in [3.05, 3.63) is 42.2 Å². The summed E-state index contributed by atoms with van der Waals surface area (Å²) in [7, 11) is 0. The third-order valence-electron chi connectivity index (χ3n) is 5.39. The van der Waals surface area contributed by atoms with E-state index >= 15 is 0 Å². The van der Waals surface area contributed by atoms with Gasteiger partial charge in [0, 0.05) is 18.0 Å². The third-order valence-corrected chi connectivity index (χ3v) is 5.39.